The average Bonchev–Trinajstić information content (AvgIpc) is 2.94. The monoisotopic (exact) mass is 383 g/mol. The van der Waals surface area contributed by atoms with Crippen molar-refractivity contribution in [3.63, 3.8) is 0 Å². The second kappa shape index (κ2) is 6.97. The fraction of sp³-hybridized carbons (Fsp3) is 0.176. The molecule has 1 amide bonds. The van der Waals surface area contributed by atoms with Gasteiger partial charge in [0.15, 0.2) is 10.8 Å². The molecule has 5 nitrogen and oxygen atoms in total. The normalized spacial score (nSPS) is 13.0. The first-order chi connectivity index (χ1) is 12.3. The molecule has 0 aliphatic heterocycles. The topological polar surface area (TPSA) is 66.6 Å². The molecular weight excluding hydrogens is 371 g/mol. The number of carbonyl (C=O) groups excluding carboxylic acids is 1. The van der Waals surface area contributed by atoms with E-state index in [0.29, 0.717) is 5.65 Å². The van der Waals surface area contributed by atoms with E-state index in [1.165, 1.54) is 22.6 Å². The van der Waals surface area contributed by atoms with Crippen molar-refractivity contribution in [3.8, 4) is 0 Å². The van der Waals surface area contributed by atoms with Crippen LogP contribution in [0.25, 0.3) is 5.65 Å². The Morgan fingerprint density at radius 1 is 1.23 bits per heavy atom. The molecule has 2 N–H and O–H groups in total. The predicted molar refractivity (Wildman–Crippen MR) is 88.9 cm³/mol. The molecule has 0 saturated carbocycles. The molecule has 0 spiro atoms. The van der Waals surface area contributed by atoms with Crippen molar-refractivity contribution < 1.29 is 23.1 Å². The molecule has 2 aromatic heterocycles. The molecule has 26 heavy (non-hydrogen) atoms. The first-order valence-electron chi connectivity index (χ1n) is 7.54. The third-order valence-electron chi connectivity index (χ3n) is 3.78. The number of hydrogen-bond acceptors (Lipinski definition) is 3. The molecule has 0 aliphatic rings. The van der Waals surface area contributed by atoms with Crippen molar-refractivity contribution in [2.45, 2.75) is 12.3 Å². The number of alkyl halides is 3. The molecule has 0 bridgehead atoms. The highest BCUT2D eigenvalue weighted by Crippen LogP contribution is 2.34. The summed E-state index contributed by atoms with van der Waals surface area (Å²) >= 11 is 5.98. The lowest BCUT2D eigenvalue weighted by atomic mass is 10.0. The number of aromatic nitrogens is 2. The number of carbonyl (C=O) groups is 1. The van der Waals surface area contributed by atoms with E-state index in [2.05, 4.69) is 10.3 Å². The van der Waals surface area contributed by atoms with Gasteiger partial charge in [0.25, 0.3) is 5.91 Å². The minimum Gasteiger partial charge on any atom is -0.387 e. The summed E-state index contributed by atoms with van der Waals surface area (Å²) in [4.78, 5) is 16.4. The number of fused-ring (bicyclic) bond motifs is 1. The van der Waals surface area contributed by atoms with E-state index in [9.17, 15) is 23.1 Å². The second-order valence-electron chi connectivity index (χ2n) is 5.49. The lowest BCUT2D eigenvalue weighted by Gasteiger charge is -2.17. The molecule has 0 radical (unpaired) electrons. The minimum atomic E-state index is -4.60. The maximum absolute atomic E-state index is 13.0. The van der Waals surface area contributed by atoms with Crippen LogP contribution in [0.5, 0.6) is 0 Å². The summed E-state index contributed by atoms with van der Waals surface area (Å²) in [6, 6.07) is 9.71. The molecule has 0 aliphatic carbocycles. The third kappa shape index (κ3) is 3.51. The molecular formula is C17H13ClF3N3O2. The standard InChI is InChI=1S/C17H13ClF3N3O2/c18-15-14(24-8-4-3-7-13(24)23-15)16(26)22-9-12(25)10-5-1-2-6-11(10)17(19,20)21/h1-8,12,25H,9H2,(H,22,26). The van der Waals surface area contributed by atoms with Crippen LogP contribution < -0.4 is 5.32 Å². The Labute approximate surface area is 151 Å². The van der Waals surface area contributed by atoms with E-state index in [-0.39, 0.29) is 16.4 Å². The first-order valence-corrected chi connectivity index (χ1v) is 7.92. The van der Waals surface area contributed by atoms with Crippen LogP contribution in [-0.4, -0.2) is 26.9 Å². The number of nitrogens with one attached hydrogen (secondary N) is 1. The van der Waals surface area contributed by atoms with Gasteiger partial charge < -0.3 is 10.4 Å². The van der Waals surface area contributed by atoms with E-state index in [4.69, 9.17) is 11.6 Å². The van der Waals surface area contributed by atoms with Gasteiger partial charge in [0.05, 0.1) is 11.7 Å². The Morgan fingerprint density at radius 3 is 2.65 bits per heavy atom. The summed E-state index contributed by atoms with van der Waals surface area (Å²) in [5.74, 6) is -0.655. The zero-order chi connectivity index (χ0) is 18.9. The van der Waals surface area contributed by atoms with Crippen molar-refractivity contribution in [1.29, 1.82) is 0 Å². The van der Waals surface area contributed by atoms with Crippen LogP contribution >= 0.6 is 11.6 Å². The Morgan fingerprint density at radius 2 is 1.92 bits per heavy atom. The highest BCUT2D eigenvalue weighted by atomic mass is 35.5. The fourth-order valence-electron chi connectivity index (χ4n) is 2.60. The van der Waals surface area contributed by atoms with Gasteiger partial charge in [-0.05, 0) is 23.8 Å². The van der Waals surface area contributed by atoms with Crippen LogP contribution in [0.2, 0.25) is 5.15 Å². The van der Waals surface area contributed by atoms with Crippen molar-refractivity contribution in [3.05, 3.63) is 70.6 Å². The van der Waals surface area contributed by atoms with Crippen LogP contribution in [-0.2, 0) is 6.18 Å². The number of halogens is 4. The van der Waals surface area contributed by atoms with E-state index >= 15 is 0 Å². The molecule has 1 aromatic carbocycles. The van der Waals surface area contributed by atoms with Crippen LogP contribution in [0.1, 0.15) is 27.7 Å². The molecule has 0 fully saturated rings. The van der Waals surface area contributed by atoms with E-state index < -0.39 is 30.3 Å². The maximum atomic E-state index is 13.0. The SMILES string of the molecule is O=C(NCC(O)c1ccccc1C(F)(F)F)c1c(Cl)nc2ccccn12. The molecule has 3 rings (SSSR count). The highest BCUT2D eigenvalue weighted by molar-refractivity contribution is 6.32. The van der Waals surface area contributed by atoms with Gasteiger partial charge in [0.1, 0.15) is 5.65 Å². The van der Waals surface area contributed by atoms with Crippen molar-refractivity contribution in [2.24, 2.45) is 0 Å². The number of aliphatic hydroxyl groups excluding tert-OH is 1. The molecule has 0 saturated heterocycles. The second-order valence-corrected chi connectivity index (χ2v) is 5.85. The highest BCUT2D eigenvalue weighted by Gasteiger charge is 2.34. The summed E-state index contributed by atoms with van der Waals surface area (Å²) in [6.07, 6.45) is -4.56. The molecule has 1 unspecified atom stereocenters. The van der Waals surface area contributed by atoms with Crippen molar-refractivity contribution in [2.75, 3.05) is 6.54 Å². The first kappa shape index (κ1) is 18.2. The summed E-state index contributed by atoms with van der Waals surface area (Å²) in [7, 11) is 0. The number of hydrogen-bond donors (Lipinski definition) is 2. The Bertz CT molecular complexity index is 956. The third-order valence-corrected chi connectivity index (χ3v) is 4.05. The van der Waals surface area contributed by atoms with Gasteiger partial charge in [-0.2, -0.15) is 13.2 Å². The number of benzene rings is 1. The van der Waals surface area contributed by atoms with Crippen LogP contribution in [0.3, 0.4) is 0 Å². The van der Waals surface area contributed by atoms with Crippen molar-refractivity contribution in [1.82, 2.24) is 14.7 Å². The molecule has 3 aromatic rings. The van der Waals surface area contributed by atoms with Gasteiger partial charge in [-0.25, -0.2) is 4.98 Å². The fourth-order valence-corrected chi connectivity index (χ4v) is 2.86. The van der Waals surface area contributed by atoms with E-state index in [0.717, 1.165) is 6.07 Å². The number of nitrogens with zero attached hydrogens (tertiary/aromatic N) is 2. The van der Waals surface area contributed by atoms with Crippen LogP contribution in [0.15, 0.2) is 48.7 Å². The number of pyridine rings is 1. The van der Waals surface area contributed by atoms with Crippen LogP contribution in [0.4, 0.5) is 13.2 Å². The maximum Gasteiger partial charge on any atom is 0.416 e. The quantitative estimate of drug-likeness (QED) is 0.725. The molecule has 1 atom stereocenters. The Kier molecular flexibility index (Phi) is 4.88. The number of aliphatic hydroxyl groups is 1. The number of imidazole rings is 1. The Hall–Kier alpha value is -2.58. The molecule has 136 valence electrons. The lowest BCUT2D eigenvalue weighted by molar-refractivity contribution is -0.139. The Balaban J connectivity index is 1.79. The average molecular weight is 384 g/mol. The summed E-state index contributed by atoms with van der Waals surface area (Å²) in [5.41, 5.74) is -0.775. The van der Waals surface area contributed by atoms with Crippen molar-refractivity contribution >= 4 is 23.2 Å². The van der Waals surface area contributed by atoms with Gasteiger partial charge in [-0.3, -0.25) is 9.20 Å². The van der Waals surface area contributed by atoms with Gasteiger partial charge >= 0.3 is 6.18 Å². The summed E-state index contributed by atoms with van der Waals surface area (Å²) < 4.78 is 40.5. The summed E-state index contributed by atoms with van der Waals surface area (Å²) in [6.45, 7) is -0.414. The predicted octanol–water partition coefficient (Wildman–Crippen LogP) is 3.47. The van der Waals surface area contributed by atoms with Gasteiger partial charge in [0, 0.05) is 12.7 Å². The van der Waals surface area contributed by atoms with Gasteiger partial charge in [0.2, 0.25) is 0 Å². The molecule has 2 heterocycles. The van der Waals surface area contributed by atoms with Crippen LogP contribution in [0, 0.1) is 0 Å². The largest absolute Gasteiger partial charge is 0.416 e. The number of amides is 1. The summed E-state index contributed by atoms with van der Waals surface area (Å²) in [5, 5.41) is 12.5. The smallest absolute Gasteiger partial charge is 0.387 e. The van der Waals surface area contributed by atoms with E-state index in [1.807, 2.05) is 0 Å². The van der Waals surface area contributed by atoms with Gasteiger partial charge in [-0.15, -0.1) is 0 Å². The van der Waals surface area contributed by atoms with E-state index in [1.54, 1.807) is 24.4 Å². The molecule has 9 heteroatoms. The minimum absolute atomic E-state index is 0.0403. The zero-order valence-electron chi connectivity index (χ0n) is 13.2. The number of rotatable bonds is 4. The zero-order valence-corrected chi connectivity index (χ0v) is 13.9. The van der Waals surface area contributed by atoms with Gasteiger partial charge in [-0.1, -0.05) is 35.9 Å². The lowest BCUT2D eigenvalue weighted by Crippen LogP contribution is -2.30.